The second kappa shape index (κ2) is 4.91. The van der Waals surface area contributed by atoms with Crippen LogP contribution >= 0.6 is 0 Å². The van der Waals surface area contributed by atoms with Crippen LogP contribution in [0.4, 0.5) is 0 Å². The molecule has 2 aromatic rings. The van der Waals surface area contributed by atoms with Crippen LogP contribution in [-0.2, 0) is 11.2 Å². The van der Waals surface area contributed by atoms with Gasteiger partial charge in [0.15, 0.2) is 0 Å². The quantitative estimate of drug-likeness (QED) is 0.851. The molecule has 0 aliphatic rings. The Balaban J connectivity index is 2.56. The highest BCUT2D eigenvalue weighted by Gasteiger charge is 2.05. The van der Waals surface area contributed by atoms with Crippen LogP contribution in [0.2, 0.25) is 0 Å². The number of H-pyrrole nitrogens is 1. The number of fused-ring (bicyclic) bond motifs is 1. The first-order chi connectivity index (χ1) is 9.69. The minimum absolute atomic E-state index is 0.121. The number of amides is 1. The highest BCUT2D eigenvalue weighted by molar-refractivity contribution is 5.84. The number of carbonyl (C=O) groups excluding carboxylic acids is 1. The Morgan fingerprint density at radius 2 is 2.41 bits per heavy atom. The molecular weight excluding hydrogens is 216 g/mol. The Labute approximate surface area is 106 Å². The van der Waals surface area contributed by atoms with E-state index in [-0.39, 0.29) is 5.56 Å². The summed E-state index contributed by atoms with van der Waals surface area (Å²) in [5, 5.41) is 2.52. The zero-order valence-electron chi connectivity index (χ0n) is 13.6. The third kappa shape index (κ3) is 2.58. The fourth-order valence-electron chi connectivity index (χ4n) is 1.52. The monoisotopic (exact) mass is 236 g/mol. The van der Waals surface area contributed by atoms with E-state index in [1.54, 1.807) is 18.2 Å². The predicted octanol–water partition coefficient (Wildman–Crippen LogP) is 1.86. The van der Waals surface area contributed by atoms with Crippen LogP contribution in [0.3, 0.4) is 0 Å². The third-order valence-electron chi connectivity index (χ3n) is 2.32. The first-order valence-electron chi connectivity index (χ1n) is 7.13. The van der Waals surface area contributed by atoms with Crippen LogP contribution in [0.5, 0.6) is 5.75 Å². The summed E-state index contributed by atoms with van der Waals surface area (Å²) < 4.78 is 37.0. The third-order valence-corrected chi connectivity index (χ3v) is 2.32. The molecule has 0 spiro atoms. The van der Waals surface area contributed by atoms with Crippen molar-refractivity contribution in [3.8, 4) is 5.75 Å². The van der Waals surface area contributed by atoms with Crippen LogP contribution in [-0.4, -0.2) is 24.5 Å². The molecule has 0 saturated carbocycles. The maximum atomic E-state index is 11.1. The average Bonchev–Trinajstić information content (AvgIpc) is 2.79. The molecule has 0 bridgehead atoms. The summed E-state index contributed by atoms with van der Waals surface area (Å²) in [4.78, 5) is 14.0. The SMILES string of the molecule is [2H]C([2H])(NC(C)=O)C([2H])([2H])c1c[nH]c2ccc(OC)cc12. The molecular formula is C13H16N2O2. The van der Waals surface area contributed by atoms with Gasteiger partial charge in [-0.15, -0.1) is 0 Å². The summed E-state index contributed by atoms with van der Waals surface area (Å²) in [6.45, 7) is -1.40. The number of hydrogen-bond acceptors (Lipinski definition) is 2. The fraction of sp³-hybridized carbons (Fsp3) is 0.308. The largest absolute Gasteiger partial charge is 0.497 e. The molecule has 90 valence electrons. The van der Waals surface area contributed by atoms with Gasteiger partial charge in [0.1, 0.15) is 5.75 Å². The number of rotatable bonds is 4. The van der Waals surface area contributed by atoms with Gasteiger partial charge in [-0.1, -0.05) is 0 Å². The standard InChI is InChI=1S/C13H16N2O2/c1-9(16)14-6-5-10-8-15-13-4-3-11(17-2)7-12(10)13/h3-4,7-8,15H,5-6H2,1-2H3,(H,14,16)/i5D2,6D2. The van der Waals surface area contributed by atoms with Gasteiger partial charge in [0.2, 0.25) is 5.91 Å². The van der Waals surface area contributed by atoms with E-state index in [4.69, 9.17) is 10.2 Å². The summed E-state index contributed by atoms with van der Waals surface area (Å²) in [7, 11) is 1.50. The summed E-state index contributed by atoms with van der Waals surface area (Å²) in [5.74, 6) is -0.0967. The van der Waals surface area contributed by atoms with Crippen molar-refractivity contribution >= 4 is 16.8 Å². The van der Waals surface area contributed by atoms with Gasteiger partial charge in [0.05, 0.1) is 7.11 Å². The maximum absolute atomic E-state index is 11.1. The molecule has 1 amide bonds. The van der Waals surface area contributed by atoms with Crippen molar-refractivity contribution in [2.24, 2.45) is 0 Å². The van der Waals surface area contributed by atoms with E-state index < -0.39 is 18.8 Å². The number of ether oxygens (including phenoxy) is 1. The molecule has 2 N–H and O–H groups in total. The molecule has 2 rings (SSSR count). The predicted molar refractivity (Wildman–Crippen MR) is 67.2 cm³/mol. The molecule has 0 atom stereocenters. The second-order valence-corrected chi connectivity index (χ2v) is 3.55. The first kappa shape index (κ1) is 7.37. The van der Waals surface area contributed by atoms with Crippen molar-refractivity contribution in [3.05, 3.63) is 30.0 Å². The van der Waals surface area contributed by atoms with Gasteiger partial charge in [-0.05, 0) is 30.1 Å². The van der Waals surface area contributed by atoms with E-state index in [1.165, 1.54) is 13.3 Å². The zero-order valence-corrected chi connectivity index (χ0v) is 9.63. The Kier molecular flexibility index (Phi) is 2.13. The Morgan fingerprint density at radius 1 is 1.59 bits per heavy atom. The molecule has 0 fully saturated rings. The molecule has 0 radical (unpaired) electrons. The number of aromatic nitrogens is 1. The molecule has 17 heavy (non-hydrogen) atoms. The number of carbonyl (C=O) groups is 1. The fourth-order valence-corrected chi connectivity index (χ4v) is 1.52. The molecule has 4 nitrogen and oxygen atoms in total. The molecule has 0 aliphatic carbocycles. The van der Waals surface area contributed by atoms with E-state index in [9.17, 15) is 4.79 Å². The molecule has 4 heteroatoms. The van der Waals surface area contributed by atoms with Crippen molar-refractivity contribution in [1.29, 1.82) is 0 Å². The number of nitrogens with one attached hydrogen (secondary N) is 2. The number of methoxy groups -OCH3 is 1. The smallest absolute Gasteiger partial charge is 0.216 e. The summed E-state index contributed by atoms with van der Waals surface area (Å²) in [6, 6.07) is 5.07. The summed E-state index contributed by atoms with van der Waals surface area (Å²) >= 11 is 0. The maximum Gasteiger partial charge on any atom is 0.216 e. The number of hydrogen-bond donors (Lipinski definition) is 2. The Morgan fingerprint density at radius 3 is 3.12 bits per heavy atom. The van der Waals surface area contributed by atoms with E-state index in [0.717, 1.165) is 6.92 Å². The lowest BCUT2D eigenvalue weighted by atomic mass is 10.1. The number of aryl methyl sites for hydroxylation is 1. The number of benzene rings is 1. The van der Waals surface area contributed by atoms with Crippen LogP contribution in [0.15, 0.2) is 24.4 Å². The lowest BCUT2D eigenvalue weighted by Gasteiger charge is -2.03. The van der Waals surface area contributed by atoms with E-state index >= 15 is 0 Å². The van der Waals surface area contributed by atoms with E-state index in [2.05, 4.69) is 4.98 Å². The van der Waals surface area contributed by atoms with Gasteiger partial charge < -0.3 is 15.0 Å². The number of aromatic amines is 1. The highest BCUT2D eigenvalue weighted by atomic mass is 16.5. The first-order valence-corrected chi connectivity index (χ1v) is 5.13. The minimum Gasteiger partial charge on any atom is -0.497 e. The molecule has 0 saturated heterocycles. The lowest BCUT2D eigenvalue weighted by molar-refractivity contribution is -0.118. The average molecular weight is 236 g/mol. The van der Waals surface area contributed by atoms with Crippen molar-refractivity contribution in [1.82, 2.24) is 10.3 Å². The van der Waals surface area contributed by atoms with Gasteiger partial charge in [-0.2, -0.15) is 0 Å². The molecule has 0 aliphatic heterocycles. The summed E-state index contributed by atoms with van der Waals surface area (Å²) in [6.07, 6.45) is -1.01. The molecule has 1 aromatic heterocycles. The lowest BCUT2D eigenvalue weighted by Crippen LogP contribution is -2.22. The molecule has 1 aromatic carbocycles. The van der Waals surface area contributed by atoms with Crippen molar-refractivity contribution in [2.45, 2.75) is 13.3 Å². The molecule has 1 heterocycles. The van der Waals surface area contributed by atoms with Gasteiger partial charge >= 0.3 is 0 Å². The normalized spacial score (nSPS) is 15.6. The van der Waals surface area contributed by atoms with Crippen molar-refractivity contribution < 1.29 is 15.0 Å². The van der Waals surface area contributed by atoms with Crippen LogP contribution in [0, 0.1) is 0 Å². The van der Waals surface area contributed by atoms with Crippen LogP contribution in [0.25, 0.3) is 10.9 Å². The van der Waals surface area contributed by atoms with Crippen LogP contribution in [0.1, 0.15) is 18.0 Å². The molecule has 0 unspecified atom stereocenters. The summed E-state index contributed by atoms with van der Waals surface area (Å²) in [5.41, 5.74) is 0.781. The topological polar surface area (TPSA) is 54.1 Å². The minimum atomic E-state index is -2.54. The van der Waals surface area contributed by atoms with Crippen molar-refractivity contribution in [2.75, 3.05) is 13.6 Å². The van der Waals surface area contributed by atoms with E-state index in [1.807, 2.05) is 5.32 Å². The van der Waals surface area contributed by atoms with Gasteiger partial charge in [0.25, 0.3) is 0 Å². The second-order valence-electron chi connectivity index (χ2n) is 3.55. The highest BCUT2D eigenvalue weighted by Crippen LogP contribution is 2.23. The van der Waals surface area contributed by atoms with Crippen LogP contribution < -0.4 is 10.1 Å². The van der Waals surface area contributed by atoms with E-state index in [0.29, 0.717) is 16.7 Å². The zero-order chi connectivity index (χ0) is 15.8. The van der Waals surface area contributed by atoms with Gasteiger partial charge in [-0.3, -0.25) is 4.79 Å². The van der Waals surface area contributed by atoms with Crippen molar-refractivity contribution in [3.63, 3.8) is 0 Å². The Bertz CT molecular complexity index is 682. The van der Waals surface area contributed by atoms with Gasteiger partial charge in [0, 0.05) is 36.0 Å². The Hall–Kier alpha value is -1.97. The van der Waals surface area contributed by atoms with Gasteiger partial charge in [-0.25, -0.2) is 0 Å².